The quantitative estimate of drug-likeness (QED) is 0.853. The molecular formula is C17H15N3O2. The number of ether oxygens (including phenoxy) is 2. The molecule has 0 fully saturated rings. The molecule has 0 N–H and O–H groups in total. The van der Waals surface area contributed by atoms with Crippen molar-refractivity contribution in [2.45, 2.75) is 19.6 Å². The Labute approximate surface area is 128 Å². The van der Waals surface area contributed by atoms with E-state index in [2.05, 4.69) is 16.0 Å². The first-order chi connectivity index (χ1) is 10.5. The molecule has 5 heteroatoms. The Balaban J connectivity index is 2.24. The summed E-state index contributed by atoms with van der Waals surface area (Å²) in [5, 5.41) is 9.28. The molecule has 2 aromatic rings. The van der Waals surface area contributed by atoms with Crippen LogP contribution < -0.4 is 9.47 Å². The minimum absolute atomic E-state index is 0.438. The lowest BCUT2D eigenvalue weighted by Crippen LogP contribution is -2.32. The van der Waals surface area contributed by atoms with Crippen LogP contribution in [0.25, 0.3) is 0 Å². The number of aliphatic imine (C=N–C) groups is 1. The lowest BCUT2D eigenvalue weighted by molar-refractivity contribution is 0.115. The van der Waals surface area contributed by atoms with Crippen LogP contribution >= 0.6 is 0 Å². The van der Waals surface area contributed by atoms with Gasteiger partial charge in [-0.1, -0.05) is 6.07 Å². The normalized spacial score (nSPS) is 15.1. The fourth-order valence-electron chi connectivity index (χ4n) is 2.41. The van der Waals surface area contributed by atoms with Crippen LogP contribution in [0.5, 0.6) is 11.5 Å². The lowest BCUT2D eigenvalue weighted by atomic mass is 9.99. The van der Waals surface area contributed by atoms with E-state index in [9.17, 15) is 5.26 Å². The first kappa shape index (κ1) is 14.1. The zero-order chi connectivity index (χ0) is 15.7. The summed E-state index contributed by atoms with van der Waals surface area (Å²) in [6.45, 7) is 3.76. The topological polar surface area (TPSA) is 67.5 Å². The summed E-state index contributed by atoms with van der Waals surface area (Å²) < 4.78 is 11.2. The van der Waals surface area contributed by atoms with Gasteiger partial charge in [0.25, 0.3) is 0 Å². The first-order valence-electron chi connectivity index (χ1n) is 6.87. The Bertz CT molecular complexity index is 790. The Hall–Kier alpha value is -2.87. The van der Waals surface area contributed by atoms with Crippen LogP contribution in [0, 0.1) is 11.3 Å². The molecule has 0 spiro atoms. The van der Waals surface area contributed by atoms with E-state index in [-0.39, 0.29) is 0 Å². The van der Waals surface area contributed by atoms with Gasteiger partial charge in [0.1, 0.15) is 17.6 Å². The molecule has 0 aliphatic carbocycles. The number of pyridine rings is 1. The third kappa shape index (κ3) is 2.40. The Morgan fingerprint density at radius 2 is 2.09 bits per heavy atom. The highest BCUT2D eigenvalue weighted by Gasteiger charge is 2.30. The molecule has 110 valence electrons. The van der Waals surface area contributed by atoms with Crippen molar-refractivity contribution in [3.05, 3.63) is 53.3 Å². The minimum Gasteiger partial charge on any atom is -0.495 e. The van der Waals surface area contributed by atoms with Crippen molar-refractivity contribution in [2.75, 3.05) is 7.11 Å². The third-order valence-corrected chi connectivity index (χ3v) is 3.33. The first-order valence-corrected chi connectivity index (χ1v) is 6.87. The van der Waals surface area contributed by atoms with Gasteiger partial charge in [0.2, 0.25) is 0 Å². The van der Waals surface area contributed by atoms with Crippen LogP contribution in [0.1, 0.15) is 30.7 Å². The van der Waals surface area contributed by atoms with Crippen LogP contribution in [0.15, 0.2) is 41.5 Å². The average molecular weight is 293 g/mol. The fourth-order valence-corrected chi connectivity index (χ4v) is 2.41. The number of benzene rings is 1. The molecule has 0 atom stereocenters. The number of methoxy groups -OCH3 is 1. The van der Waals surface area contributed by atoms with E-state index in [1.165, 1.54) is 7.11 Å². The predicted molar refractivity (Wildman–Crippen MR) is 82.3 cm³/mol. The van der Waals surface area contributed by atoms with Crippen LogP contribution in [0.3, 0.4) is 0 Å². The monoisotopic (exact) mass is 293 g/mol. The molecule has 1 aliphatic heterocycles. The number of hydrogen-bond acceptors (Lipinski definition) is 5. The summed E-state index contributed by atoms with van der Waals surface area (Å²) in [4.78, 5) is 9.00. The standard InChI is InChI=1S/C17H15N3O2/c1-17(2)20-16(13-6-4-5-7-19-13)12-8-11(10-18)14(21-3)9-15(12)22-17/h4-9H,1-3H3. The summed E-state index contributed by atoms with van der Waals surface area (Å²) in [6.07, 6.45) is 1.72. The summed E-state index contributed by atoms with van der Waals surface area (Å²) >= 11 is 0. The molecule has 1 aromatic heterocycles. The maximum absolute atomic E-state index is 9.28. The van der Waals surface area contributed by atoms with E-state index in [1.54, 1.807) is 18.3 Å². The van der Waals surface area contributed by atoms with Gasteiger partial charge in [-0.3, -0.25) is 4.98 Å². The summed E-state index contributed by atoms with van der Waals surface area (Å²) in [6, 6.07) is 11.2. The van der Waals surface area contributed by atoms with Gasteiger partial charge >= 0.3 is 0 Å². The van der Waals surface area contributed by atoms with Crippen molar-refractivity contribution >= 4 is 5.71 Å². The van der Waals surface area contributed by atoms with Gasteiger partial charge in [-0.2, -0.15) is 5.26 Å². The maximum atomic E-state index is 9.28. The van der Waals surface area contributed by atoms with Crippen molar-refractivity contribution < 1.29 is 9.47 Å². The minimum atomic E-state index is -0.709. The lowest BCUT2D eigenvalue weighted by Gasteiger charge is -2.30. The largest absolute Gasteiger partial charge is 0.495 e. The molecule has 1 aliphatic rings. The zero-order valence-electron chi connectivity index (χ0n) is 12.6. The van der Waals surface area contributed by atoms with E-state index >= 15 is 0 Å². The molecule has 22 heavy (non-hydrogen) atoms. The number of aromatic nitrogens is 1. The number of rotatable bonds is 2. The molecule has 1 aromatic carbocycles. The highest BCUT2D eigenvalue weighted by Crippen LogP contribution is 2.36. The SMILES string of the molecule is COc1cc2c(cc1C#N)C(c1ccccn1)=NC(C)(C)O2. The molecule has 0 saturated heterocycles. The Morgan fingerprint density at radius 1 is 1.27 bits per heavy atom. The second-order valence-electron chi connectivity index (χ2n) is 5.38. The molecule has 0 amide bonds. The smallest absolute Gasteiger partial charge is 0.195 e. The number of fused-ring (bicyclic) bond motifs is 1. The van der Waals surface area contributed by atoms with Gasteiger partial charge < -0.3 is 9.47 Å². The van der Waals surface area contributed by atoms with E-state index in [1.807, 2.05) is 32.0 Å². The van der Waals surface area contributed by atoms with Crippen molar-refractivity contribution in [2.24, 2.45) is 4.99 Å². The Kier molecular flexibility index (Phi) is 3.30. The van der Waals surface area contributed by atoms with Crippen molar-refractivity contribution in [3.63, 3.8) is 0 Å². The summed E-state index contributed by atoms with van der Waals surface area (Å²) in [5.41, 5.74) is 1.93. The van der Waals surface area contributed by atoms with Gasteiger partial charge in [0.15, 0.2) is 5.72 Å². The van der Waals surface area contributed by atoms with Gasteiger partial charge in [0.05, 0.1) is 24.1 Å². The molecule has 0 unspecified atom stereocenters. The fraction of sp³-hybridized carbons (Fsp3) is 0.235. The van der Waals surface area contributed by atoms with E-state index < -0.39 is 5.72 Å². The van der Waals surface area contributed by atoms with E-state index in [4.69, 9.17) is 9.47 Å². The molecule has 0 bridgehead atoms. The average Bonchev–Trinajstić information content (AvgIpc) is 2.53. The summed E-state index contributed by atoms with van der Waals surface area (Å²) in [5.74, 6) is 1.12. The predicted octanol–water partition coefficient (Wildman–Crippen LogP) is 2.93. The highest BCUT2D eigenvalue weighted by molar-refractivity contribution is 6.14. The zero-order valence-corrected chi connectivity index (χ0v) is 12.6. The maximum Gasteiger partial charge on any atom is 0.195 e. The van der Waals surface area contributed by atoms with Crippen LogP contribution in [0.2, 0.25) is 0 Å². The van der Waals surface area contributed by atoms with Crippen LogP contribution in [-0.4, -0.2) is 23.5 Å². The highest BCUT2D eigenvalue weighted by atomic mass is 16.5. The molecule has 2 heterocycles. The molecule has 0 saturated carbocycles. The van der Waals surface area contributed by atoms with Crippen LogP contribution in [0.4, 0.5) is 0 Å². The van der Waals surface area contributed by atoms with E-state index in [0.29, 0.717) is 22.8 Å². The second-order valence-corrected chi connectivity index (χ2v) is 5.38. The number of hydrogen-bond donors (Lipinski definition) is 0. The van der Waals surface area contributed by atoms with E-state index in [0.717, 1.165) is 11.3 Å². The van der Waals surface area contributed by atoms with Gasteiger partial charge in [0, 0.05) is 17.8 Å². The molecule has 3 rings (SSSR count). The molecule has 0 radical (unpaired) electrons. The second kappa shape index (κ2) is 5.15. The third-order valence-electron chi connectivity index (χ3n) is 3.33. The molecule has 5 nitrogen and oxygen atoms in total. The van der Waals surface area contributed by atoms with Crippen LogP contribution in [-0.2, 0) is 0 Å². The van der Waals surface area contributed by atoms with Gasteiger partial charge in [-0.15, -0.1) is 0 Å². The van der Waals surface area contributed by atoms with Gasteiger partial charge in [-0.05, 0) is 32.0 Å². The van der Waals surface area contributed by atoms with Gasteiger partial charge in [-0.25, -0.2) is 4.99 Å². The summed E-state index contributed by atoms with van der Waals surface area (Å²) in [7, 11) is 1.53. The molecular weight excluding hydrogens is 278 g/mol. The van der Waals surface area contributed by atoms with Crippen molar-refractivity contribution in [1.29, 1.82) is 5.26 Å². The Morgan fingerprint density at radius 3 is 2.73 bits per heavy atom. The number of nitrogens with zero attached hydrogens (tertiary/aromatic N) is 3. The number of nitriles is 1. The van der Waals surface area contributed by atoms with Crippen molar-refractivity contribution in [3.8, 4) is 17.6 Å². The van der Waals surface area contributed by atoms with Crippen molar-refractivity contribution in [1.82, 2.24) is 4.98 Å².